The second-order valence-electron chi connectivity index (χ2n) is 5.25. The molecule has 2 rings (SSSR count). The molecule has 0 bridgehead atoms. The van der Waals surface area contributed by atoms with Crippen LogP contribution in [0.3, 0.4) is 0 Å². The average molecular weight is 306 g/mol. The Kier molecular flexibility index (Phi) is 6.84. The molecule has 0 aliphatic carbocycles. The molecule has 0 radical (unpaired) electrons. The summed E-state index contributed by atoms with van der Waals surface area (Å²) in [7, 11) is 0. The number of ether oxygens (including phenoxy) is 1. The van der Waals surface area contributed by atoms with E-state index in [0.717, 1.165) is 47.7 Å². The zero-order valence-electron chi connectivity index (χ0n) is 12.7. The highest BCUT2D eigenvalue weighted by molar-refractivity contribution is 6.35. The van der Waals surface area contributed by atoms with Crippen molar-refractivity contribution in [2.24, 2.45) is 0 Å². The molecular formula is C18H24ClNO. The van der Waals surface area contributed by atoms with Crippen LogP contribution in [0.25, 0.3) is 10.8 Å². The van der Waals surface area contributed by atoms with Crippen LogP contribution in [0.5, 0.6) is 5.75 Å². The Hall–Kier alpha value is -1.25. The lowest BCUT2D eigenvalue weighted by Crippen LogP contribution is -2.15. The molecule has 21 heavy (non-hydrogen) atoms. The topological polar surface area (TPSA) is 21.3 Å². The van der Waals surface area contributed by atoms with Crippen molar-refractivity contribution in [3.8, 4) is 5.75 Å². The van der Waals surface area contributed by atoms with Crippen molar-refractivity contribution < 1.29 is 4.74 Å². The van der Waals surface area contributed by atoms with Crippen LogP contribution < -0.4 is 10.1 Å². The lowest BCUT2D eigenvalue weighted by atomic mass is 10.1. The third-order valence-electron chi connectivity index (χ3n) is 3.51. The minimum absolute atomic E-state index is 0.763. The smallest absolute Gasteiger partial charge is 0.127 e. The van der Waals surface area contributed by atoms with Crippen molar-refractivity contribution in [1.82, 2.24) is 5.32 Å². The van der Waals surface area contributed by atoms with Crippen LogP contribution in [0.4, 0.5) is 0 Å². The van der Waals surface area contributed by atoms with Gasteiger partial charge in [-0.1, -0.05) is 42.8 Å². The summed E-state index contributed by atoms with van der Waals surface area (Å²) in [6, 6.07) is 12.0. The first kappa shape index (κ1) is 16.1. The molecule has 0 aromatic heterocycles. The fourth-order valence-electron chi connectivity index (χ4n) is 2.37. The fraction of sp³-hybridized carbons (Fsp3) is 0.444. The number of nitrogens with one attached hydrogen (secondary N) is 1. The SMILES string of the molecule is CCCNCCCCCOc1ccc(Cl)c2ccccc12. The van der Waals surface area contributed by atoms with Gasteiger partial charge in [-0.2, -0.15) is 0 Å². The Balaban J connectivity index is 1.78. The molecule has 2 aromatic carbocycles. The van der Waals surface area contributed by atoms with Crippen LogP contribution in [0.1, 0.15) is 32.6 Å². The maximum Gasteiger partial charge on any atom is 0.127 e. The van der Waals surface area contributed by atoms with E-state index in [0.29, 0.717) is 0 Å². The average Bonchev–Trinajstić information content (AvgIpc) is 2.52. The van der Waals surface area contributed by atoms with Gasteiger partial charge in [0.2, 0.25) is 0 Å². The van der Waals surface area contributed by atoms with Gasteiger partial charge in [0.05, 0.1) is 6.61 Å². The Morgan fingerprint density at radius 1 is 0.952 bits per heavy atom. The van der Waals surface area contributed by atoms with Crippen molar-refractivity contribution in [2.45, 2.75) is 32.6 Å². The summed E-state index contributed by atoms with van der Waals surface area (Å²) >= 11 is 6.21. The van der Waals surface area contributed by atoms with E-state index in [1.54, 1.807) is 0 Å². The summed E-state index contributed by atoms with van der Waals surface area (Å²) in [6.07, 6.45) is 4.70. The van der Waals surface area contributed by atoms with E-state index in [-0.39, 0.29) is 0 Å². The predicted octanol–water partition coefficient (Wildman–Crippen LogP) is 5.04. The highest BCUT2D eigenvalue weighted by Crippen LogP contribution is 2.31. The van der Waals surface area contributed by atoms with Gasteiger partial charge in [0.15, 0.2) is 0 Å². The molecule has 0 saturated heterocycles. The number of benzene rings is 2. The third kappa shape index (κ3) is 4.90. The highest BCUT2D eigenvalue weighted by atomic mass is 35.5. The zero-order chi connectivity index (χ0) is 14.9. The summed E-state index contributed by atoms with van der Waals surface area (Å²) in [6.45, 7) is 5.18. The van der Waals surface area contributed by atoms with Crippen molar-refractivity contribution in [1.29, 1.82) is 0 Å². The molecule has 0 aliphatic rings. The van der Waals surface area contributed by atoms with Gasteiger partial charge in [0.25, 0.3) is 0 Å². The first-order chi connectivity index (χ1) is 10.3. The van der Waals surface area contributed by atoms with Gasteiger partial charge in [0.1, 0.15) is 5.75 Å². The highest BCUT2D eigenvalue weighted by Gasteiger charge is 2.04. The van der Waals surface area contributed by atoms with Gasteiger partial charge >= 0.3 is 0 Å². The summed E-state index contributed by atoms with van der Waals surface area (Å²) in [4.78, 5) is 0. The summed E-state index contributed by atoms with van der Waals surface area (Å²) < 4.78 is 5.92. The van der Waals surface area contributed by atoms with Crippen LogP contribution >= 0.6 is 11.6 Å². The molecule has 0 fully saturated rings. The van der Waals surface area contributed by atoms with Crippen molar-refractivity contribution in [3.05, 3.63) is 41.4 Å². The van der Waals surface area contributed by atoms with Gasteiger partial charge in [-0.15, -0.1) is 0 Å². The Morgan fingerprint density at radius 2 is 1.76 bits per heavy atom. The van der Waals surface area contributed by atoms with Gasteiger partial charge in [-0.05, 0) is 50.9 Å². The molecular weight excluding hydrogens is 282 g/mol. The zero-order valence-corrected chi connectivity index (χ0v) is 13.5. The van der Waals surface area contributed by atoms with Gasteiger partial charge in [0, 0.05) is 15.8 Å². The first-order valence-corrected chi connectivity index (χ1v) is 8.21. The number of hydrogen-bond acceptors (Lipinski definition) is 2. The summed E-state index contributed by atoms with van der Waals surface area (Å²) in [5, 5.41) is 6.34. The summed E-state index contributed by atoms with van der Waals surface area (Å²) in [5.74, 6) is 0.930. The number of fused-ring (bicyclic) bond motifs is 1. The van der Waals surface area contributed by atoms with Crippen LogP contribution in [-0.4, -0.2) is 19.7 Å². The van der Waals surface area contributed by atoms with Crippen LogP contribution in [0.15, 0.2) is 36.4 Å². The molecule has 0 amide bonds. The largest absolute Gasteiger partial charge is 0.493 e. The van der Waals surface area contributed by atoms with Gasteiger partial charge in [-0.25, -0.2) is 0 Å². The quantitative estimate of drug-likeness (QED) is 0.655. The minimum atomic E-state index is 0.763. The number of halogens is 1. The molecule has 0 atom stereocenters. The Morgan fingerprint density at radius 3 is 2.57 bits per heavy atom. The lowest BCUT2D eigenvalue weighted by molar-refractivity contribution is 0.308. The number of unbranched alkanes of at least 4 members (excludes halogenated alkanes) is 2. The summed E-state index contributed by atoms with van der Waals surface area (Å²) in [5.41, 5.74) is 0. The predicted molar refractivity (Wildman–Crippen MR) is 91.5 cm³/mol. The Bertz CT molecular complexity index is 556. The van der Waals surface area contributed by atoms with E-state index in [1.165, 1.54) is 19.3 Å². The van der Waals surface area contributed by atoms with Crippen LogP contribution in [0, 0.1) is 0 Å². The maximum absolute atomic E-state index is 6.21. The second kappa shape index (κ2) is 8.91. The van der Waals surface area contributed by atoms with Gasteiger partial charge in [-0.3, -0.25) is 0 Å². The molecule has 0 spiro atoms. The van der Waals surface area contributed by atoms with E-state index in [9.17, 15) is 0 Å². The van der Waals surface area contributed by atoms with E-state index >= 15 is 0 Å². The van der Waals surface area contributed by atoms with Crippen molar-refractivity contribution in [2.75, 3.05) is 19.7 Å². The fourth-order valence-corrected chi connectivity index (χ4v) is 2.60. The normalized spacial score (nSPS) is 11.0. The molecule has 0 aliphatic heterocycles. The van der Waals surface area contributed by atoms with E-state index in [4.69, 9.17) is 16.3 Å². The molecule has 0 saturated carbocycles. The van der Waals surface area contributed by atoms with Crippen LogP contribution in [-0.2, 0) is 0 Å². The third-order valence-corrected chi connectivity index (χ3v) is 3.84. The monoisotopic (exact) mass is 305 g/mol. The van der Waals surface area contributed by atoms with Gasteiger partial charge < -0.3 is 10.1 Å². The van der Waals surface area contributed by atoms with Crippen LogP contribution in [0.2, 0.25) is 5.02 Å². The Labute approximate surface area is 132 Å². The number of rotatable bonds is 9. The molecule has 0 unspecified atom stereocenters. The maximum atomic E-state index is 6.21. The molecule has 0 heterocycles. The standard InChI is InChI=1S/C18H24ClNO/c1-2-12-20-13-6-3-7-14-21-18-11-10-17(19)15-8-4-5-9-16(15)18/h4-5,8-11,20H,2-3,6-7,12-14H2,1H3. The molecule has 2 nitrogen and oxygen atoms in total. The van der Waals surface area contributed by atoms with Crippen molar-refractivity contribution >= 4 is 22.4 Å². The van der Waals surface area contributed by atoms with E-state index in [2.05, 4.69) is 18.3 Å². The second-order valence-corrected chi connectivity index (χ2v) is 5.66. The first-order valence-electron chi connectivity index (χ1n) is 7.83. The molecule has 2 aromatic rings. The van der Waals surface area contributed by atoms with E-state index in [1.807, 2.05) is 30.3 Å². The van der Waals surface area contributed by atoms with E-state index < -0.39 is 0 Å². The minimum Gasteiger partial charge on any atom is -0.493 e. The molecule has 1 N–H and O–H groups in total. The van der Waals surface area contributed by atoms with Crippen molar-refractivity contribution in [3.63, 3.8) is 0 Å². The number of hydrogen-bond donors (Lipinski definition) is 1. The lowest BCUT2D eigenvalue weighted by Gasteiger charge is -2.10. The molecule has 3 heteroatoms. The molecule has 114 valence electrons.